The van der Waals surface area contributed by atoms with Gasteiger partial charge in [-0.05, 0) is 49.9 Å². The zero-order valence-electron chi connectivity index (χ0n) is 14.2. The molecule has 0 aromatic heterocycles. The van der Waals surface area contributed by atoms with Gasteiger partial charge in [0.1, 0.15) is 0 Å². The molecular formula is C18H29N3O2. The maximum atomic E-state index is 11.8. The first-order chi connectivity index (χ1) is 11.0. The molecule has 1 atom stereocenters. The van der Waals surface area contributed by atoms with Crippen LogP contribution in [0.2, 0.25) is 0 Å². The first-order valence-corrected chi connectivity index (χ1v) is 8.51. The lowest BCUT2D eigenvalue weighted by molar-refractivity contribution is 0.0920. The van der Waals surface area contributed by atoms with Crippen molar-refractivity contribution in [3.63, 3.8) is 0 Å². The minimum Gasteiger partial charge on any atom is -0.390 e. The van der Waals surface area contributed by atoms with Crippen molar-refractivity contribution in [1.29, 1.82) is 0 Å². The number of amides is 2. The highest BCUT2D eigenvalue weighted by Crippen LogP contribution is 2.15. The van der Waals surface area contributed by atoms with Gasteiger partial charge in [-0.25, -0.2) is 4.79 Å². The van der Waals surface area contributed by atoms with Gasteiger partial charge < -0.3 is 20.6 Å². The van der Waals surface area contributed by atoms with Crippen molar-refractivity contribution in [2.24, 2.45) is 5.92 Å². The minimum atomic E-state index is -0.521. The van der Waals surface area contributed by atoms with Crippen LogP contribution in [-0.4, -0.2) is 48.3 Å². The molecule has 5 nitrogen and oxygen atoms in total. The molecule has 1 saturated heterocycles. The molecule has 1 aliphatic heterocycles. The second-order valence-electron chi connectivity index (χ2n) is 6.63. The van der Waals surface area contributed by atoms with E-state index in [9.17, 15) is 9.90 Å². The monoisotopic (exact) mass is 319 g/mol. The van der Waals surface area contributed by atoms with Gasteiger partial charge in [0.2, 0.25) is 0 Å². The van der Waals surface area contributed by atoms with Crippen LogP contribution in [0.25, 0.3) is 0 Å². The Morgan fingerprint density at radius 3 is 2.70 bits per heavy atom. The fourth-order valence-electron chi connectivity index (χ4n) is 2.86. The molecule has 0 bridgehead atoms. The Hall–Kier alpha value is -1.59. The minimum absolute atomic E-state index is 0.237. The maximum absolute atomic E-state index is 11.8. The Morgan fingerprint density at radius 2 is 2.00 bits per heavy atom. The molecule has 1 unspecified atom stereocenters. The smallest absolute Gasteiger partial charge is 0.315 e. The highest BCUT2D eigenvalue weighted by molar-refractivity contribution is 5.73. The van der Waals surface area contributed by atoms with Gasteiger partial charge in [-0.3, -0.25) is 0 Å². The summed E-state index contributed by atoms with van der Waals surface area (Å²) in [4.78, 5) is 14.1. The van der Waals surface area contributed by atoms with Gasteiger partial charge in [-0.2, -0.15) is 0 Å². The normalized spacial score (nSPS) is 17.7. The van der Waals surface area contributed by atoms with Crippen molar-refractivity contribution in [3.8, 4) is 0 Å². The highest BCUT2D eigenvalue weighted by Gasteiger charge is 2.18. The molecule has 0 aliphatic carbocycles. The molecule has 0 saturated carbocycles. The average Bonchev–Trinajstić information content (AvgIpc) is 2.54. The van der Waals surface area contributed by atoms with Crippen LogP contribution in [-0.2, 0) is 6.54 Å². The Morgan fingerprint density at radius 1 is 1.30 bits per heavy atom. The number of rotatable bonds is 6. The summed E-state index contributed by atoms with van der Waals surface area (Å²) in [5.74, 6) is 0.786. The summed E-state index contributed by atoms with van der Waals surface area (Å²) in [7, 11) is 0. The summed E-state index contributed by atoms with van der Waals surface area (Å²) in [5.41, 5.74) is 2.26. The number of likely N-dealkylation sites (tertiary alicyclic amines) is 1. The summed E-state index contributed by atoms with van der Waals surface area (Å²) >= 11 is 0. The third-order valence-electron chi connectivity index (χ3n) is 4.54. The molecular weight excluding hydrogens is 290 g/mol. The lowest BCUT2D eigenvalue weighted by Crippen LogP contribution is -2.45. The zero-order valence-corrected chi connectivity index (χ0v) is 14.2. The quantitative estimate of drug-likeness (QED) is 0.750. The average molecular weight is 319 g/mol. The van der Waals surface area contributed by atoms with Gasteiger partial charge in [-0.1, -0.05) is 31.2 Å². The molecule has 1 aromatic rings. The predicted molar refractivity (Wildman–Crippen MR) is 92.3 cm³/mol. The predicted octanol–water partition coefficient (Wildman–Crippen LogP) is 1.89. The molecule has 5 heteroatoms. The summed E-state index contributed by atoms with van der Waals surface area (Å²) in [6, 6.07) is 7.74. The lowest BCUT2D eigenvalue weighted by atomic mass is 9.99. The summed E-state index contributed by atoms with van der Waals surface area (Å²) in [5, 5.41) is 15.6. The van der Waals surface area contributed by atoms with E-state index in [0.29, 0.717) is 13.1 Å². The van der Waals surface area contributed by atoms with Gasteiger partial charge in [0, 0.05) is 19.6 Å². The fraction of sp³-hybridized carbons (Fsp3) is 0.611. The molecule has 1 heterocycles. The van der Waals surface area contributed by atoms with E-state index in [4.69, 9.17) is 0 Å². The van der Waals surface area contributed by atoms with E-state index < -0.39 is 6.10 Å². The molecule has 0 radical (unpaired) electrons. The molecule has 3 N–H and O–H groups in total. The van der Waals surface area contributed by atoms with Crippen LogP contribution in [0.3, 0.4) is 0 Å². The van der Waals surface area contributed by atoms with E-state index in [1.807, 2.05) is 31.2 Å². The van der Waals surface area contributed by atoms with E-state index in [-0.39, 0.29) is 12.6 Å². The number of hydrogen-bond donors (Lipinski definition) is 3. The summed E-state index contributed by atoms with van der Waals surface area (Å²) < 4.78 is 0. The molecule has 0 spiro atoms. The van der Waals surface area contributed by atoms with Crippen LogP contribution in [0, 0.1) is 12.8 Å². The number of urea groups is 1. The Labute approximate surface area is 139 Å². The van der Waals surface area contributed by atoms with Crippen LogP contribution in [0.5, 0.6) is 0 Å². The molecule has 1 aromatic carbocycles. The number of aryl methyl sites for hydroxylation is 1. The second-order valence-corrected chi connectivity index (χ2v) is 6.63. The summed E-state index contributed by atoms with van der Waals surface area (Å²) in [6.45, 7) is 7.79. The number of aliphatic hydroxyl groups excluding tert-OH is 1. The third-order valence-corrected chi connectivity index (χ3v) is 4.54. The van der Waals surface area contributed by atoms with Crippen molar-refractivity contribution < 1.29 is 9.90 Å². The van der Waals surface area contributed by atoms with Crippen molar-refractivity contribution in [2.75, 3.05) is 26.2 Å². The van der Waals surface area contributed by atoms with Crippen molar-refractivity contribution in [1.82, 2.24) is 15.5 Å². The number of carbonyl (C=O) groups is 1. The molecule has 23 heavy (non-hydrogen) atoms. The van der Waals surface area contributed by atoms with Gasteiger partial charge in [0.15, 0.2) is 0 Å². The van der Waals surface area contributed by atoms with E-state index >= 15 is 0 Å². The van der Waals surface area contributed by atoms with Crippen molar-refractivity contribution in [2.45, 2.75) is 39.3 Å². The van der Waals surface area contributed by atoms with Gasteiger partial charge in [0.25, 0.3) is 0 Å². The van der Waals surface area contributed by atoms with Crippen molar-refractivity contribution in [3.05, 3.63) is 35.4 Å². The second kappa shape index (κ2) is 8.89. The first kappa shape index (κ1) is 17.8. The van der Waals surface area contributed by atoms with Gasteiger partial charge in [0.05, 0.1) is 6.10 Å². The molecule has 1 aliphatic rings. The van der Waals surface area contributed by atoms with Gasteiger partial charge in [-0.15, -0.1) is 0 Å². The molecule has 128 valence electrons. The van der Waals surface area contributed by atoms with E-state index in [1.54, 1.807) is 0 Å². The first-order valence-electron chi connectivity index (χ1n) is 8.51. The lowest BCUT2D eigenvalue weighted by Gasteiger charge is -2.31. The largest absolute Gasteiger partial charge is 0.390 e. The fourth-order valence-corrected chi connectivity index (χ4v) is 2.86. The molecule has 1 fully saturated rings. The topological polar surface area (TPSA) is 64.6 Å². The van der Waals surface area contributed by atoms with Gasteiger partial charge >= 0.3 is 6.03 Å². The number of aliphatic hydroxyl groups is 1. The number of nitrogens with zero attached hydrogens (tertiary/aromatic N) is 1. The zero-order chi connectivity index (χ0) is 16.7. The maximum Gasteiger partial charge on any atom is 0.315 e. The number of nitrogens with one attached hydrogen (secondary N) is 2. The highest BCUT2D eigenvalue weighted by atomic mass is 16.3. The number of piperidine rings is 1. The summed E-state index contributed by atoms with van der Waals surface area (Å²) in [6.07, 6.45) is 1.86. The van der Waals surface area contributed by atoms with E-state index in [2.05, 4.69) is 22.5 Å². The van der Waals surface area contributed by atoms with E-state index in [0.717, 1.165) is 30.1 Å². The third kappa shape index (κ3) is 6.20. The SMILES string of the molecule is Cc1ccccc1CNC(=O)NCC(O)CN1CCC(C)CC1. The van der Waals surface area contributed by atoms with Crippen LogP contribution in [0.15, 0.2) is 24.3 Å². The van der Waals surface area contributed by atoms with Crippen LogP contribution in [0.4, 0.5) is 4.79 Å². The van der Waals surface area contributed by atoms with E-state index in [1.165, 1.54) is 12.8 Å². The number of β-amino-alcohol motifs (C(OH)–C–C–N with tert-alkyl or cyclic N) is 1. The molecule has 2 amide bonds. The standard InChI is InChI=1S/C18H29N3O2/c1-14-7-9-21(10-8-14)13-17(22)12-20-18(23)19-11-16-6-4-3-5-15(16)2/h3-6,14,17,22H,7-13H2,1-2H3,(H2,19,20,23). The molecule has 2 rings (SSSR count). The van der Waals surface area contributed by atoms with Crippen LogP contribution >= 0.6 is 0 Å². The number of benzene rings is 1. The van der Waals surface area contributed by atoms with Crippen molar-refractivity contribution >= 4 is 6.03 Å². The number of carbonyl (C=O) groups excluding carboxylic acids is 1. The Balaban J connectivity index is 1.63. The van der Waals surface area contributed by atoms with Crippen LogP contribution in [0.1, 0.15) is 30.9 Å². The number of hydrogen-bond acceptors (Lipinski definition) is 3. The Bertz CT molecular complexity index is 499. The van der Waals surface area contributed by atoms with Crippen LogP contribution < -0.4 is 10.6 Å². The Kier molecular flexibility index (Phi) is 6.86.